The van der Waals surface area contributed by atoms with Gasteiger partial charge in [0.2, 0.25) is 11.8 Å². The minimum Gasteiger partial charge on any atom is -0.504 e. The molecule has 4 aromatic carbocycles. The number of hydrogen-bond donors (Lipinski definition) is 5. The second-order valence-corrected chi connectivity index (χ2v) is 10.8. The summed E-state index contributed by atoms with van der Waals surface area (Å²) in [5.41, 5.74) is 2.80. The fraction of sp³-hybridized carbons (Fsp3) is 0.222. The Morgan fingerprint density at radius 2 is 1.37 bits per heavy atom. The maximum atomic E-state index is 13.8. The second-order valence-electron chi connectivity index (χ2n) is 10.8. The van der Waals surface area contributed by atoms with E-state index in [0.29, 0.717) is 36.4 Å². The van der Waals surface area contributed by atoms with E-state index in [9.17, 15) is 24.9 Å². The monoisotopic (exact) mass is 624 g/mol. The van der Waals surface area contributed by atoms with Crippen LogP contribution in [0.4, 0.5) is 0 Å². The largest absolute Gasteiger partial charge is 0.504 e. The molecule has 0 aliphatic carbocycles. The standard InChI is InChI=1S/C36H36N2O8/c1-44-30-21-25(8-13-29(30)39)34(41)33-28-19-24(20-31(45-2)35(28)42)7-14-32(40)37-17-15-22-3-9-26(10-4-22)46-27-11-5-23(6-12-27)16-18-38-36(33)43/h3-14,19-21,33-34,39,41-42H,15-18H2,1-2H3,(H,37,40)(H,38,43)/t33?,34-/m1/s1. The Balaban J connectivity index is 1.52. The Morgan fingerprint density at radius 3 is 1.98 bits per heavy atom. The van der Waals surface area contributed by atoms with Crippen molar-refractivity contribution < 1.29 is 39.1 Å². The number of phenolic OH excluding ortho intramolecular Hbond substituents is 2. The van der Waals surface area contributed by atoms with Crippen LogP contribution in [0.5, 0.6) is 34.5 Å². The SMILES string of the molecule is COc1cc([C@@H](O)C2C(=O)NCCc3ccc(cc3)Oc3ccc(cc3)CCNC(=O)C=Cc3cc(OC)c(O)c2c3)ccc1O. The first-order chi connectivity index (χ1) is 22.2. The van der Waals surface area contributed by atoms with Crippen molar-refractivity contribution in [3.8, 4) is 34.5 Å². The maximum Gasteiger partial charge on any atom is 0.244 e. The quantitative estimate of drug-likeness (QED) is 0.218. The average Bonchev–Trinajstić information content (AvgIpc) is 3.06. The molecule has 3 aliphatic rings. The number of methoxy groups -OCH3 is 2. The first-order valence-corrected chi connectivity index (χ1v) is 14.8. The van der Waals surface area contributed by atoms with Crippen LogP contribution in [0.3, 0.4) is 0 Å². The van der Waals surface area contributed by atoms with E-state index in [1.165, 1.54) is 56.7 Å². The molecule has 0 radical (unpaired) electrons. The van der Waals surface area contributed by atoms with Gasteiger partial charge in [-0.15, -0.1) is 0 Å². The van der Waals surface area contributed by atoms with E-state index in [1.807, 2.05) is 48.5 Å². The van der Waals surface area contributed by atoms with Crippen LogP contribution in [0.25, 0.3) is 6.08 Å². The summed E-state index contributed by atoms with van der Waals surface area (Å²) in [6, 6.07) is 22.5. The van der Waals surface area contributed by atoms with Gasteiger partial charge in [-0.05, 0) is 89.7 Å². The molecule has 0 saturated heterocycles. The molecule has 4 aromatic rings. The first kappa shape index (κ1) is 31.9. The molecule has 0 fully saturated rings. The van der Waals surface area contributed by atoms with E-state index in [0.717, 1.165) is 11.1 Å². The smallest absolute Gasteiger partial charge is 0.244 e. The molecule has 238 valence electrons. The lowest BCUT2D eigenvalue weighted by Gasteiger charge is -2.25. The summed E-state index contributed by atoms with van der Waals surface area (Å²) in [6.45, 7) is 0.639. The molecule has 10 nitrogen and oxygen atoms in total. The third-order valence-corrected chi connectivity index (χ3v) is 7.76. The predicted octanol–water partition coefficient (Wildman–Crippen LogP) is 4.77. The van der Waals surface area contributed by atoms with Crippen molar-refractivity contribution in [3.63, 3.8) is 0 Å². The normalized spacial score (nSPS) is 16.2. The van der Waals surface area contributed by atoms with Gasteiger partial charge in [0.05, 0.1) is 26.2 Å². The predicted molar refractivity (Wildman–Crippen MR) is 172 cm³/mol. The van der Waals surface area contributed by atoms with Crippen LogP contribution in [-0.2, 0) is 22.4 Å². The highest BCUT2D eigenvalue weighted by Gasteiger charge is 2.34. The average molecular weight is 625 g/mol. The van der Waals surface area contributed by atoms with Crippen molar-refractivity contribution in [2.24, 2.45) is 0 Å². The van der Waals surface area contributed by atoms with Crippen LogP contribution in [0.15, 0.2) is 84.9 Å². The molecule has 0 spiro atoms. The van der Waals surface area contributed by atoms with Crippen molar-refractivity contribution in [3.05, 3.63) is 113 Å². The van der Waals surface area contributed by atoms with E-state index in [2.05, 4.69) is 10.6 Å². The summed E-state index contributed by atoms with van der Waals surface area (Å²) in [4.78, 5) is 26.5. The van der Waals surface area contributed by atoms with Crippen molar-refractivity contribution in [2.45, 2.75) is 24.9 Å². The Hall–Kier alpha value is -5.48. The lowest BCUT2D eigenvalue weighted by atomic mass is 9.86. The zero-order valence-corrected chi connectivity index (χ0v) is 25.5. The van der Waals surface area contributed by atoms with Crippen LogP contribution in [-0.4, -0.2) is 54.4 Å². The van der Waals surface area contributed by atoms with Gasteiger partial charge in [-0.1, -0.05) is 30.3 Å². The molecule has 3 aliphatic heterocycles. The number of phenols is 2. The van der Waals surface area contributed by atoms with E-state index >= 15 is 0 Å². The number of carbonyl (C=O) groups is 2. The molecule has 46 heavy (non-hydrogen) atoms. The summed E-state index contributed by atoms with van der Waals surface area (Å²) in [7, 11) is 2.75. The molecule has 2 atom stereocenters. The van der Waals surface area contributed by atoms with Crippen molar-refractivity contribution in [1.82, 2.24) is 10.6 Å². The van der Waals surface area contributed by atoms with Gasteiger partial charge >= 0.3 is 0 Å². The number of aliphatic hydroxyl groups is 1. The van der Waals surface area contributed by atoms with E-state index in [-0.39, 0.29) is 46.6 Å². The minimum atomic E-state index is -1.47. The van der Waals surface area contributed by atoms with Crippen LogP contribution in [0.2, 0.25) is 0 Å². The van der Waals surface area contributed by atoms with E-state index in [4.69, 9.17) is 14.2 Å². The van der Waals surface area contributed by atoms with Crippen LogP contribution >= 0.6 is 0 Å². The number of amides is 2. The number of fused-ring (bicyclic) bond motifs is 2. The molecule has 3 heterocycles. The molecule has 1 unspecified atom stereocenters. The minimum absolute atomic E-state index is 0.0575. The Bertz CT molecular complexity index is 1720. The van der Waals surface area contributed by atoms with Gasteiger partial charge in [-0.25, -0.2) is 0 Å². The molecule has 2 amide bonds. The van der Waals surface area contributed by atoms with E-state index in [1.54, 1.807) is 0 Å². The zero-order chi connectivity index (χ0) is 32.6. The number of ether oxygens (including phenoxy) is 3. The second kappa shape index (κ2) is 14.5. The topological polar surface area (TPSA) is 147 Å². The number of nitrogens with one attached hydrogen (secondary N) is 2. The highest BCUT2D eigenvalue weighted by atomic mass is 16.5. The van der Waals surface area contributed by atoms with E-state index < -0.39 is 17.9 Å². The molecule has 5 N–H and O–H groups in total. The van der Waals surface area contributed by atoms with Gasteiger partial charge in [0.15, 0.2) is 23.0 Å². The number of hydrogen-bond acceptors (Lipinski definition) is 8. The number of rotatable bonds is 4. The molecular formula is C36H36N2O8. The molecule has 0 aromatic heterocycles. The van der Waals surface area contributed by atoms with Gasteiger partial charge in [0.25, 0.3) is 0 Å². The van der Waals surface area contributed by atoms with Crippen LogP contribution < -0.4 is 24.8 Å². The van der Waals surface area contributed by atoms with Gasteiger partial charge in [0, 0.05) is 24.7 Å². The molecular weight excluding hydrogens is 588 g/mol. The number of aliphatic hydroxyl groups excluding tert-OH is 1. The molecule has 7 rings (SSSR count). The third-order valence-electron chi connectivity index (χ3n) is 7.76. The Labute approximate surface area is 266 Å². The highest BCUT2D eigenvalue weighted by molar-refractivity contribution is 5.92. The fourth-order valence-corrected chi connectivity index (χ4v) is 5.25. The number of benzene rings is 4. The first-order valence-electron chi connectivity index (χ1n) is 14.8. The summed E-state index contributed by atoms with van der Waals surface area (Å²) in [5.74, 6) is -1.15. The molecule has 10 heteroatoms. The summed E-state index contributed by atoms with van der Waals surface area (Å²) >= 11 is 0. The van der Waals surface area contributed by atoms with Gasteiger partial charge in [-0.3, -0.25) is 9.59 Å². The Kier molecular flexibility index (Phi) is 10.1. The maximum absolute atomic E-state index is 13.8. The van der Waals surface area contributed by atoms with Crippen molar-refractivity contribution >= 4 is 17.9 Å². The summed E-state index contributed by atoms with van der Waals surface area (Å²) < 4.78 is 16.6. The van der Waals surface area contributed by atoms with Crippen LogP contribution in [0, 0.1) is 0 Å². The van der Waals surface area contributed by atoms with Crippen molar-refractivity contribution in [1.29, 1.82) is 0 Å². The third kappa shape index (κ3) is 7.59. The lowest BCUT2D eigenvalue weighted by molar-refractivity contribution is -0.125. The van der Waals surface area contributed by atoms with Gasteiger partial charge < -0.3 is 40.2 Å². The van der Waals surface area contributed by atoms with Gasteiger partial charge in [0.1, 0.15) is 11.5 Å². The van der Waals surface area contributed by atoms with Gasteiger partial charge in [-0.2, -0.15) is 0 Å². The summed E-state index contributed by atoms with van der Waals surface area (Å²) in [5, 5.41) is 38.7. The number of carbonyl (C=O) groups excluding carboxylic acids is 2. The highest BCUT2D eigenvalue weighted by Crippen LogP contribution is 2.43. The molecule has 0 saturated carbocycles. The zero-order valence-electron chi connectivity index (χ0n) is 25.5. The van der Waals surface area contributed by atoms with Crippen molar-refractivity contribution in [2.75, 3.05) is 27.3 Å². The molecule has 6 bridgehead atoms. The lowest BCUT2D eigenvalue weighted by Crippen LogP contribution is -2.34. The summed E-state index contributed by atoms with van der Waals surface area (Å²) in [6.07, 6.45) is 2.53. The van der Waals surface area contributed by atoms with Crippen LogP contribution in [0.1, 0.15) is 39.8 Å². The fourth-order valence-electron chi connectivity index (χ4n) is 5.25. The number of aromatic hydroxyl groups is 2. The Morgan fingerprint density at radius 1 is 0.761 bits per heavy atom.